The van der Waals surface area contributed by atoms with Gasteiger partial charge in [-0.3, -0.25) is 0 Å². The van der Waals surface area contributed by atoms with Crippen molar-refractivity contribution in [2.75, 3.05) is 6.61 Å². The van der Waals surface area contributed by atoms with E-state index in [0.29, 0.717) is 0 Å². The van der Waals surface area contributed by atoms with Crippen LogP contribution in [0, 0.1) is 23.7 Å². The van der Waals surface area contributed by atoms with Gasteiger partial charge in [-0.25, -0.2) is 0 Å². The fraction of sp³-hybridized carbons (Fsp3) is 0.231. The van der Waals surface area contributed by atoms with Crippen molar-refractivity contribution in [1.29, 1.82) is 0 Å². The molecular formula is C13H14O. The second-order valence-electron chi connectivity index (χ2n) is 2.32. The first-order valence-electron chi connectivity index (χ1n) is 4.50. The summed E-state index contributed by atoms with van der Waals surface area (Å²) >= 11 is 0. The average Bonchev–Trinajstić information content (AvgIpc) is 2.21. The van der Waals surface area contributed by atoms with Crippen molar-refractivity contribution in [2.45, 2.75) is 13.3 Å². The Labute approximate surface area is 85.8 Å². The van der Waals surface area contributed by atoms with Gasteiger partial charge in [0.15, 0.2) is 0 Å². The van der Waals surface area contributed by atoms with Gasteiger partial charge in [-0.2, -0.15) is 0 Å². The van der Waals surface area contributed by atoms with Crippen LogP contribution < -0.4 is 0 Å². The Bertz CT molecular complexity index is 324. The van der Waals surface area contributed by atoms with Gasteiger partial charge < -0.3 is 5.11 Å². The summed E-state index contributed by atoms with van der Waals surface area (Å²) in [6.07, 6.45) is 11.8. The van der Waals surface area contributed by atoms with Crippen LogP contribution in [0.1, 0.15) is 13.3 Å². The molecule has 1 heteroatoms. The van der Waals surface area contributed by atoms with E-state index < -0.39 is 0 Å². The molecule has 14 heavy (non-hydrogen) atoms. The molecule has 0 radical (unpaired) electrons. The summed E-state index contributed by atoms with van der Waals surface area (Å²) < 4.78 is 0. The number of rotatable bonds is 3. The molecule has 0 saturated carbocycles. The highest BCUT2D eigenvalue weighted by atomic mass is 16.2. The molecule has 0 aliphatic carbocycles. The molecule has 0 aliphatic heterocycles. The standard InChI is InChI=1S/C13H14O/c1-2-3-4-5-6-7-8-9-10-11-12-13-14/h3-6,11-12,14H,2,13H2,1H3/b4-3+,6-5+,12-11+. The zero-order valence-corrected chi connectivity index (χ0v) is 8.33. The van der Waals surface area contributed by atoms with E-state index in [1.807, 2.05) is 18.2 Å². The summed E-state index contributed by atoms with van der Waals surface area (Å²) in [5.74, 6) is 10.7. The lowest BCUT2D eigenvalue weighted by Gasteiger charge is -1.71. The van der Waals surface area contributed by atoms with Crippen LogP contribution in [-0.2, 0) is 0 Å². The third kappa shape index (κ3) is 10.3. The van der Waals surface area contributed by atoms with E-state index >= 15 is 0 Å². The van der Waals surface area contributed by atoms with Crippen LogP contribution in [0.15, 0.2) is 36.5 Å². The van der Waals surface area contributed by atoms with E-state index in [2.05, 4.69) is 30.6 Å². The third-order valence-corrected chi connectivity index (χ3v) is 1.18. The Hall–Kier alpha value is -1.70. The zero-order valence-electron chi connectivity index (χ0n) is 8.33. The van der Waals surface area contributed by atoms with E-state index in [0.717, 1.165) is 6.42 Å². The van der Waals surface area contributed by atoms with Crippen LogP contribution in [0.25, 0.3) is 0 Å². The van der Waals surface area contributed by atoms with E-state index in [1.165, 1.54) is 0 Å². The molecule has 0 atom stereocenters. The highest BCUT2D eigenvalue weighted by Gasteiger charge is 1.62. The van der Waals surface area contributed by atoms with E-state index in [1.54, 1.807) is 18.2 Å². The molecule has 0 aliphatic rings. The second kappa shape index (κ2) is 11.3. The first kappa shape index (κ1) is 12.3. The lowest BCUT2D eigenvalue weighted by Crippen LogP contribution is -1.67. The molecule has 0 aromatic rings. The van der Waals surface area contributed by atoms with Crippen LogP contribution >= 0.6 is 0 Å². The van der Waals surface area contributed by atoms with E-state index in [4.69, 9.17) is 5.11 Å². The van der Waals surface area contributed by atoms with Crippen molar-refractivity contribution in [1.82, 2.24) is 0 Å². The third-order valence-electron chi connectivity index (χ3n) is 1.18. The first-order chi connectivity index (χ1) is 6.91. The van der Waals surface area contributed by atoms with Crippen LogP contribution in [0.5, 0.6) is 0 Å². The Morgan fingerprint density at radius 1 is 1.00 bits per heavy atom. The molecule has 0 fully saturated rings. The Morgan fingerprint density at radius 2 is 1.71 bits per heavy atom. The number of hydrogen-bond donors (Lipinski definition) is 1. The zero-order chi connectivity index (χ0) is 10.5. The first-order valence-corrected chi connectivity index (χ1v) is 4.50. The Kier molecular flexibility index (Phi) is 9.93. The molecule has 0 saturated heterocycles. The molecule has 0 amide bonds. The van der Waals surface area contributed by atoms with Gasteiger partial charge in [0.05, 0.1) is 6.61 Å². The molecule has 0 unspecified atom stereocenters. The van der Waals surface area contributed by atoms with Gasteiger partial charge >= 0.3 is 0 Å². The molecule has 1 nitrogen and oxygen atoms in total. The topological polar surface area (TPSA) is 20.2 Å². The fourth-order valence-corrected chi connectivity index (χ4v) is 0.585. The van der Waals surface area contributed by atoms with Crippen LogP contribution in [-0.4, -0.2) is 11.7 Å². The van der Waals surface area contributed by atoms with E-state index in [-0.39, 0.29) is 6.61 Å². The molecule has 0 aromatic heterocycles. The number of aliphatic hydroxyl groups is 1. The summed E-state index contributed by atoms with van der Waals surface area (Å²) in [5.41, 5.74) is 0. The van der Waals surface area contributed by atoms with Gasteiger partial charge in [0.1, 0.15) is 0 Å². The summed E-state index contributed by atoms with van der Waals surface area (Å²) in [5, 5.41) is 8.38. The SMILES string of the molecule is CC/C=C/C=C/C#CC#C/C=C/CO. The van der Waals surface area contributed by atoms with Crippen LogP contribution in [0.2, 0.25) is 0 Å². The lowest BCUT2D eigenvalue weighted by atomic mass is 10.4. The minimum absolute atomic E-state index is 0.0177. The van der Waals surface area contributed by atoms with Gasteiger partial charge in [-0.1, -0.05) is 43.1 Å². The van der Waals surface area contributed by atoms with Crippen molar-refractivity contribution in [3.8, 4) is 23.7 Å². The summed E-state index contributed by atoms with van der Waals surface area (Å²) in [6, 6.07) is 0. The average molecular weight is 186 g/mol. The van der Waals surface area contributed by atoms with Crippen molar-refractivity contribution >= 4 is 0 Å². The van der Waals surface area contributed by atoms with E-state index in [9.17, 15) is 0 Å². The summed E-state index contributed by atoms with van der Waals surface area (Å²) in [4.78, 5) is 0. The van der Waals surface area contributed by atoms with Crippen LogP contribution in [0.3, 0.4) is 0 Å². The predicted molar refractivity (Wildman–Crippen MR) is 60.3 cm³/mol. The molecule has 72 valence electrons. The molecule has 0 heterocycles. The lowest BCUT2D eigenvalue weighted by molar-refractivity contribution is 0.343. The Morgan fingerprint density at radius 3 is 2.36 bits per heavy atom. The summed E-state index contributed by atoms with van der Waals surface area (Å²) in [6.45, 7) is 2.10. The second-order valence-corrected chi connectivity index (χ2v) is 2.32. The van der Waals surface area contributed by atoms with Crippen LogP contribution in [0.4, 0.5) is 0 Å². The largest absolute Gasteiger partial charge is 0.392 e. The van der Waals surface area contributed by atoms with Gasteiger partial charge in [-0.05, 0) is 30.4 Å². The quantitative estimate of drug-likeness (QED) is 0.528. The van der Waals surface area contributed by atoms with Gasteiger partial charge in [0, 0.05) is 0 Å². The normalized spacial score (nSPS) is 10.1. The molecular weight excluding hydrogens is 172 g/mol. The number of hydrogen-bond acceptors (Lipinski definition) is 1. The van der Waals surface area contributed by atoms with Crippen molar-refractivity contribution in [3.63, 3.8) is 0 Å². The van der Waals surface area contributed by atoms with Crippen molar-refractivity contribution < 1.29 is 5.11 Å². The van der Waals surface area contributed by atoms with Crippen molar-refractivity contribution in [3.05, 3.63) is 36.5 Å². The smallest absolute Gasteiger partial charge is 0.0621 e. The van der Waals surface area contributed by atoms with Crippen molar-refractivity contribution in [2.24, 2.45) is 0 Å². The minimum atomic E-state index is 0.0177. The molecule has 0 bridgehead atoms. The maximum Gasteiger partial charge on any atom is 0.0621 e. The molecule has 0 spiro atoms. The monoisotopic (exact) mass is 186 g/mol. The number of allylic oxidation sites excluding steroid dienone is 5. The summed E-state index contributed by atoms with van der Waals surface area (Å²) in [7, 11) is 0. The van der Waals surface area contributed by atoms with Gasteiger partial charge in [-0.15, -0.1) is 0 Å². The van der Waals surface area contributed by atoms with Gasteiger partial charge in [0.2, 0.25) is 0 Å². The highest BCUT2D eigenvalue weighted by molar-refractivity contribution is 5.34. The molecule has 0 rings (SSSR count). The molecule has 1 N–H and O–H groups in total. The predicted octanol–water partition coefficient (Wildman–Crippen LogP) is 2.06. The number of aliphatic hydroxyl groups excluding tert-OH is 1. The highest BCUT2D eigenvalue weighted by Crippen LogP contribution is 1.80. The maximum atomic E-state index is 8.38. The minimum Gasteiger partial charge on any atom is -0.392 e. The maximum absolute atomic E-state index is 8.38. The fourth-order valence-electron chi connectivity index (χ4n) is 0.585. The molecule has 0 aromatic carbocycles. The van der Waals surface area contributed by atoms with Gasteiger partial charge in [0.25, 0.3) is 0 Å². The Balaban J connectivity index is 3.81.